The van der Waals surface area contributed by atoms with Gasteiger partial charge in [0.2, 0.25) is 0 Å². The van der Waals surface area contributed by atoms with Gasteiger partial charge in [0.05, 0.1) is 6.20 Å². The van der Waals surface area contributed by atoms with Gasteiger partial charge in [-0.1, -0.05) is 32.6 Å². The molecule has 0 saturated heterocycles. The van der Waals surface area contributed by atoms with Crippen molar-refractivity contribution in [1.82, 2.24) is 9.78 Å². The van der Waals surface area contributed by atoms with Crippen LogP contribution in [0.15, 0.2) is 12.4 Å². The molecular weight excluding hydrogens is 246 g/mol. The molecule has 1 heterocycles. The molecule has 2 aliphatic rings. The molecule has 2 N–H and O–H groups in total. The SMILES string of the molecule is CCCn1cc(C(N)C2CCC3CCCCC3C2)cn1. The van der Waals surface area contributed by atoms with Crippen molar-refractivity contribution in [3.63, 3.8) is 0 Å². The van der Waals surface area contributed by atoms with Gasteiger partial charge in [-0.25, -0.2) is 0 Å². The van der Waals surface area contributed by atoms with Gasteiger partial charge in [-0.15, -0.1) is 0 Å². The summed E-state index contributed by atoms with van der Waals surface area (Å²) in [5.41, 5.74) is 7.80. The maximum Gasteiger partial charge on any atom is 0.0537 e. The van der Waals surface area contributed by atoms with E-state index in [1.54, 1.807) is 0 Å². The van der Waals surface area contributed by atoms with Crippen LogP contribution in [0.3, 0.4) is 0 Å². The third kappa shape index (κ3) is 2.93. The number of nitrogens with zero attached hydrogens (tertiary/aromatic N) is 2. The smallest absolute Gasteiger partial charge is 0.0537 e. The van der Waals surface area contributed by atoms with Crippen molar-refractivity contribution < 1.29 is 0 Å². The van der Waals surface area contributed by atoms with Gasteiger partial charge in [0.15, 0.2) is 0 Å². The first-order chi connectivity index (χ1) is 9.78. The summed E-state index contributed by atoms with van der Waals surface area (Å²) < 4.78 is 2.04. The summed E-state index contributed by atoms with van der Waals surface area (Å²) in [7, 11) is 0. The molecule has 0 amide bonds. The molecule has 1 aromatic rings. The second-order valence-corrected chi connectivity index (χ2v) is 6.94. The number of rotatable bonds is 4. The second-order valence-electron chi connectivity index (χ2n) is 6.94. The maximum absolute atomic E-state index is 6.55. The topological polar surface area (TPSA) is 43.8 Å². The molecule has 0 aromatic carbocycles. The fourth-order valence-electron chi connectivity index (χ4n) is 4.41. The molecule has 3 heteroatoms. The lowest BCUT2D eigenvalue weighted by Gasteiger charge is -2.41. The Morgan fingerprint density at radius 3 is 2.85 bits per heavy atom. The normalized spacial score (nSPS) is 31.8. The summed E-state index contributed by atoms with van der Waals surface area (Å²) in [6, 6.07) is 0.198. The molecule has 0 bridgehead atoms. The average molecular weight is 275 g/mol. The molecule has 2 fully saturated rings. The zero-order chi connectivity index (χ0) is 13.9. The molecule has 4 unspecified atom stereocenters. The van der Waals surface area contributed by atoms with E-state index >= 15 is 0 Å². The van der Waals surface area contributed by atoms with E-state index < -0.39 is 0 Å². The van der Waals surface area contributed by atoms with E-state index in [2.05, 4.69) is 18.2 Å². The minimum atomic E-state index is 0.198. The third-order valence-electron chi connectivity index (χ3n) is 5.58. The highest BCUT2D eigenvalue weighted by Crippen LogP contribution is 2.45. The van der Waals surface area contributed by atoms with E-state index in [0.717, 1.165) is 24.8 Å². The largest absolute Gasteiger partial charge is 0.324 e. The van der Waals surface area contributed by atoms with Gasteiger partial charge in [0, 0.05) is 24.3 Å². The van der Waals surface area contributed by atoms with Crippen LogP contribution in [0.5, 0.6) is 0 Å². The fraction of sp³-hybridized carbons (Fsp3) is 0.824. The van der Waals surface area contributed by atoms with Gasteiger partial charge in [-0.2, -0.15) is 5.10 Å². The Kier molecular flexibility index (Phi) is 4.45. The zero-order valence-electron chi connectivity index (χ0n) is 12.8. The summed E-state index contributed by atoms with van der Waals surface area (Å²) in [4.78, 5) is 0. The van der Waals surface area contributed by atoms with E-state index in [4.69, 9.17) is 5.73 Å². The molecule has 20 heavy (non-hydrogen) atoms. The molecule has 0 spiro atoms. The van der Waals surface area contributed by atoms with Crippen molar-refractivity contribution in [2.45, 2.75) is 70.9 Å². The molecule has 0 radical (unpaired) electrons. The lowest BCUT2D eigenvalue weighted by molar-refractivity contribution is 0.117. The lowest BCUT2D eigenvalue weighted by Crippen LogP contribution is -2.32. The summed E-state index contributed by atoms with van der Waals surface area (Å²) in [5, 5.41) is 4.44. The van der Waals surface area contributed by atoms with Crippen LogP contribution >= 0.6 is 0 Å². The monoisotopic (exact) mass is 275 g/mol. The molecular formula is C17H29N3. The Labute approximate surface area is 122 Å². The van der Waals surface area contributed by atoms with Crippen LogP contribution in [0.25, 0.3) is 0 Å². The molecule has 4 atom stereocenters. The number of fused-ring (bicyclic) bond motifs is 1. The average Bonchev–Trinajstić information content (AvgIpc) is 2.95. The van der Waals surface area contributed by atoms with E-state index in [9.17, 15) is 0 Å². The Morgan fingerprint density at radius 1 is 1.25 bits per heavy atom. The number of aryl methyl sites for hydroxylation is 1. The highest BCUT2D eigenvalue weighted by molar-refractivity contribution is 5.11. The van der Waals surface area contributed by atoms with Gasteiger partial charge in [0.25, 0.3) is 0 Å². The number of hydrogen-bond donors (Lipinski definition) is 1. The van der Waals surface area contributed by atoms with Crippen LogP contribution in [0.1, 0.15) is 69.9 Å². The first kappa shape index (κ1) is 14.1. The van der Waals surface area contributed by atoms with Crippen molar-refractivity contribution in [3.05, 3.63) is 18.0 Å². The van der Waals surface area contributed by atoms with Crippen LogP contribution in [0.2, 0.25) is 0 Å². The van der Waals surface area contributed by atoms with E-state index in [1.165, 1.54) is 50.5 Å². The quantitative estimate of drug-likeness (QED) is 0.905. The molecule has 112 valence electrons. The standard InChI is InChI=1S/C17H29N3/c1-2-9-20-12-16(11-19-20)17(18)15-8-7-13-5-3-4-6-14(13)10-15/h11-15,17H,2-10,18H2,1H3. The summed E-state index contributed by atoms with van der Waals surface area (Å²) in [5.74, 6) is 2.64. The summed E-state index contributed by atoms with van der Waals surface area (Å²) in [6.07, 6.45) is 15.2. The molecule has 3 rings (SSSR count). The summed E-state index contributed by atoms with van der Waals surface area (Å²) in [6.45, 7) is 3.19. The van der Waals surface area contributed by atoms with Gasteiger partial charge >= 0.3 is 0 Å². The number of aromatic nitrogens is 2. The van der Waals surface area contributed by atoms with Crippen molar-refractivity contribution in [2.24, 2.45) is 23.5 Å². The predicted molar refractivity (Wildman–Crippen MR) is 82.2 cm³/mol. The minimum Gasteiger partial charge on any atom is -0.324 e. The van der Waals surface area contributed by atoms with Gasteiger partial charge in [0.1, 0.15) is 0 Å². The Bertz CT molecular complexity index is 426. The van der Waals surface area contributed by atoms with Gasteiger partial charge in [-0.3, -0.25) is 4.68 Å². The predicted octanol–water partition coefficient (Wildman–Crippen LogP) is 3.90. The molecule has 2 saturated carbocycles. The van der Waals surface area contributed by atoms with Crippen molar-refractivity contribution in [1.29, 1.82) is 0 Å². The van der Waals surface area contributed by atoms with Crippen LogP contribution in [-0.4, -0.2) is 9.78 Å². The number of hydrogen-bond acceptors (Lipinski definition) is 2. The van der Waals surface area contributed by atoms with E-state index in [1.807, 2.05) is 10.9 Å². The van der Waals surface area contributed by atoms with Crippen LogP contribution in [0, 0.1) is 17.8 Å². The van der Waals surface area contributed by atoms with Gasteiger partial charge in [-0.05, 0) is 43.4 Å². The van der Waals surface area contributed by atoms with Crippen molar-refractivity contribution in [3.8, 4) is 0 Å². The maximum atomic E-state index is 6.55. The fourth-order valence-corrected chi connectivity index (χ4v) is 4.41. The molecule has 2 aliphatic carbocycles. The van der Waals surface area contributed by atoms with E-state index in [0.29, 0.717) is 5.92 Å². The first-order valence-electron chi connectivity index (χ1n) is 8.56. The number of nitrogens with two attached hydrogens (primary N) is 1. The third-order valence-corrected chi connectivity index (χ3v) is 5.58. The van der Waals surface area contributed by atoms with Crippen molar-refractivity contribution in [2.75, 3.05) is 0 Å². The van der Waals surface area contributed by atoms with E-state index in [-0.39, 0.29) is 6.04 Å². The molecule has 1 aromatic heterocycles. The zero-order valence-corrected chi connectivity index (χ0v) is 12.8. The first-order valence-corrected chi connectivity index (χ1v) is 8.56. The van der Waals surface area contributed by atoms with Crippen LogP contribution in [0.4, 0.5) is 0 Å². The van der Waals surface area contributed by atoms with Gasteiger partial charge < -0.3 is 5.73 Å². The Balaban J connectivity index is 1.62. The Hall–Kier alpha value is -0.830. The highest BCUT2D eigenvalue weighted by atomic mass is 15.3. The second kappa shape index (κ2) is 6.30. The minimum absolute atomic E-state index is 0.198. The molecule has 0 aliphatic heterocycles. The van der Waals surface area contributed by atoms with Crippen LogP contribution in [-0.2, 0) is 6.54 Å². The van der Waals surface area contributed by atoms with Crippen molar-refractivity contribution >= 4 is 0 Å². The summed E-state index contributed by atoms with van der Waals surface area (Å²) >= 11 is 0. The Morgan fingerprint density at radius 2 is 2.05 bits per heavy atom. The highest BCUT2D eigenvalue weighted by Gasteiger charge is 2.34. The molecule has 3 nitrogen and oxygen atoms in total. The van der Waals surface area contributed by atoms with Crippen LogP contribution < -0.4 is 5.73 Å². The lowest BCUT2D eigenvalue weighted by atomic mass is 9.66.